The number of hydrogen-bond donors (Lipinski definition) is 2. The number of aromatic nitrogens is 3. The minimum Gasteiger partial charge on any atom is -0.507 e. The van der Waals surface area contributed by atoms with E-state index in [9.17, 15) is 5.11 Å². The number of rotatable bonds is 5. The van der Waals surface area contributed by atoms with Gasteiger partial charge in [0.2, 0.25) is 4.77 Å². The van der Waals surface area contributed by atoms with E-state index in [0.29, 0.717) is 28.5 Å². The molecule has 0 radical (unpaired) electrons. The minimum atomic E-state index is 0.147. The van der Waals surface area contributed by atoms with Crippen molar-refractivity contribution in [1.29, 1.82) is 0 Å². The molecule has 0 spiro atoms. The first-order valence-electron chi connectivity index (χ1n) is 8.83. The van der Waals surface area contributed by atoms with E-state index in [1.54, 1.807) is 12.3 Å². The van der Waals surface area contributed by atoms with Crippen molar-refractivity contribution in [2.45, 2.75) is 6.92 Å². The summed E-state index contributed by atoms with van der Waals surface area (Å²) in [6, 6.07) is 18.9. The summed E-state index contributed by atoms with van der Waals surface area (Å²) in [4.78, 5) is 0. The maximum absolute atomic E-state index is 10.3. The van der Waals surface area contributed by atoms with Crippen molar-refractivity contribution in [3.63, 3.8) is 0 Å². The molecule has 0 unspecified atom stereocenters. The van der Waals surface area contributed by atoms with Crippen molar-refractivity contribution >= 4 is 29.2 Å². The predicted molar refractivity (Wildman–Crippen MR) is 113 cm³/mol. The number of H-pyrrole nitrogens is 1. The average Bonchev–Trinajstić information content (AvgIpc) is 3.08. The van der Waals surface area contributed by atoms with E-state index in [2.05, 4.69) is 15.3 Å². The van der Waals surface area contributed by atoms with Crippen LogP contribution < -0.4 is 4.74 Å². The number of phenols is 1. The topological polar surface area (TPSA) is 75.4 Å². The molecule has 28 heavy (non-hydrogen) atoms. The Morgan fingerprint density at radius 3 is 2.79 bits per heavy atom. The van der Waals surface area contributed by atoms with Crippen molar-refractivity contribution in [3.05, 3.63) is 71.0 Å². The molecule has 4 aromatic rings. The van der Waals surface area contributed by atoms with Crippen molar-refractivity contribution in [2.24, 2.45) is 5.10 Å². The van der Waals surface area contributed by atoms with Crippen LogP contribution in [0, 0.1) is 4.77 Å². The van der Waals surface area contributed by atoms with Crippen LogP contribution in [-0.4, -0.2) is 32.8 Å². The van der Waals surface area contributed by atoms with Crippen LogP contribution in [0.15, 0.2) is 65.8 Å². The summed E-state index contributed by atoms with van der Waals surface area (Å²) in [6.07, 6.45) is 1.59. The van der Waals surface area contributed by atoms with Gasteiger partial charge in [0.1, 0.15) is 11.5 Å². The molecule has 0 bridgehead atoms. The molecule has 1 heterocycles. The molecule has 6 nitrogen and oxygen atoms in total. The molecule has 0 saturated carbocycles. The molecular formula is C21H18N4O2S. The summed E-state index contributed by atoms with van der Waals surface area (Å²) in [5.74, 6) is 1.38. The molecule has 0 aliphatic heterocycles. The molecule has 0 amide bonds. The summed E-state index contributed by atoms with van der Waals surface area (Å²) >= 11 is 5.35. The lowest BCUT2D eigenvalue weighted by Crippen LogP contribution is -1.99. The van der Waals surface area contributed by atoms with Gasteiger partial charge in [-0.15, -0.1) is 0 Å². The van der Waals surface area contributed by atoms with E-state index in [-0.39, 0.29) is 5.75 Å². The molecule has 2 N–H and O–H groups in total. The molecule has 0 aliphatic carbocycles. The van der Waals surface area contributed by atoms with E-state index in [1.807, 2.05) is 61.5 Å². The second-order valence-corrected chi connectivity index (χ2v) is 6.44. The number of nitrogens with zero attached hydrogens (tertiary/aromatic N) is 3. The molecule has 140 valence electrons. The van der Waals surface area contributed by atoms with Crippen molar-refractivity contribution in [2.75, 3.05) is 6.61 Å². The predicted octanol–water partition coefficient (Wildman–Crippen LogP) is 4.75. The Balaban J connectivity index is 1.83. The Kier molecular flexibility index (Phi) is 4.90. The number of nitrogens with one attached hydrogen (secondary N) is 1. The Morgan fingerprint density at radius 1 is 1.14 bits per heavy atom. The molecule has 0 atom stereocenters. The first kappa shape index (κ1) is 17.9. The summed E-state index contributed by atoms with van der Waals surface area (Å²) in [7, 11) is 0. The second-order valence-electron chi connectivity index (χ2n) is 6.06. The normalized spacial score (nSPS) is 11.3. The highest BCUT2D eigenvalue weighted by Crippen LogP contribution is 2.29. The molecule has 3 aromatic carbocycles. The van der Waals surface area contributed by atoms with Gasteiger partial charge >= 0.3 is 0 Å². The van der Waals surface area contributed by atoms with Crippen molar-refractivity contribution in [3.8, 4) is 22.9 Å². The third-order valence-corrected chi connectivity index (χ3v) is 4.59. The number of benzene rings is 3. The Labute approximate surface area is 166 Å². The number of aromatic amines is 1. The SMILES string of the molecule is CCOc1ccccc1-c1n[nH]c(=S)n1/N=C\c1c(O)ccc2ccccc12. The van der Waals surface area contributed by atoms with Crippen LogP contribution in [0.25, 0.3) is 22.2 Å². The monoisotopic (exact) mass is 390 g/mol. The number of phenolic OH excluding ortho intramolecular Hbond substituents is 1. The first-order valence-corrected chi connectivity index (χ1v) is 9.24. The fourth-order valence-electron chi connectivity index (χ4n) is 3.04. The number of ether oxygens (including phenoxy) is 1. The highest BCUT2D eigenvalue weighted by molar-refractivity contribution is 7.71. The van der Waals surface area contributed by atoms with Gasteiger partial charge in [-0.05, 0) is 48.1 Å². The molecule has 0 fully saturated rings. The first-order chi connectivity index (χ1) is 13.7. The van der Waals surface area contributed by atoms with Gasteiger partial charge in [-0.1, -0.05) is 42.5 Å². The molecule has 4 rings (SSSR count). The Hall–Kier alpha value is -3.45. The zero-order valence-corrected chi connectivity index (χ0v) is 16.0. The lowest BCUT2D eigenvalue weighted by atomic mass is 10.0. The van der Waals surface area contributed by atoms with Crippen LogP contribution in [0.1, 0.15) is 12.5 Å². The Bertz CT molecular complexity index is 1230. The van der Waals surface area contributed by atoms with Crippen LogP contribution in [0.5, 0.6) is 11.5 Å². The van der Waals surface area contributed by atoms with Crippen molar-refractivity contribution in [1.82, 2.24) is 14.9 Å². The number of aromatic hydroxyl groups is 1. The zero-order valence-electron chi connectivity index (χ0n) is 15.2. The van der Waals surface area contributed by atoms with E-state index in [0.717, 1.165) is 16.3 Å². The smallest absolute Gasteiger partial charge is 0.216 e. The molecule has 1 aromatic heterocycles. The minimum absolute atomic E-state index is 0.147. The van der Waals surface area contributed by atoms with Crippen LogP contribution in [0.2, 0.25) is 0 Å². The maximum atomic E-state index is 10.3. The lowest BCUT2D eigenvalue weighted by molar-refractivity contribution is 0.341. The van der Waals surface area contributed by atoms with Crippen molar-refractivity contribution < 1.29 is 9.84 Å². The van der Waals surface area contributed by atoms with Crippen LogP contribution in [0.4, 0.5) is 0 Å². The molecule has 0 saturated heterocycles. The maximum Gasteiger partial charge on any atom is 0.216 e. The fourth-order valence-corrected chi connectivity index (χ4v) is 3.22. The summed E-state index contributed by atoms with van der Waals surface area (Å²) in [5.41, 5.74) is 1.39. The van der Waals surface area contributed by atoms with E-state index >= 15 is 0 Å². The lowest BCUT2D eigenvalue weighted by Gasteiger charge is -2.09. The third kappa shape index (κ3) is 3.27. The summed E-state index contributed by atoms with van der Waals surface area (Å²) in [5, 5.41) is 23.8. The molecule has 7 heteroatoms. The Morgan fingerprint density at radius 2 is 1.93 bits per heavy atom. The number of fused-ring (bicyclic) bond motifs is 1. The summed E-state index contributed by atoms with van der Waals surface area (Å²) in [6.45, 7) is 2.46. The average molecular weight is 390 g/mol. The van der Waals surface area contributed by atoms with Crippen LogP contribution >= 0.6 is 12.2 Å². The highest BCUT2D eigenvalue weighted by atomic mass is 32.1. The van der Waals surface area contributed by atoms with Crippen LogP contribution in [0.3, 0.4) is 0 Å². The van der Waals surface area contributed by atoms with Gasteiger partial charge in [-0.25, -0.2) is 5.10 Å². The zero-order chi connectivity index (χ0) is 19.5. The van der Waals surface area contributed by atoms with Crippen LogP contribution in [-0.2, 0) is 0 Å². The van der Waals surface area contributed by atoms with Gasteiger partial charge in [0.05, 0.1) is 18.4 Å². The highest BCUT2D eigenvalue weighted by Gasteiger charge is 2.13. The van der Waals surface area contributed by atoms with E-state index < -0.39 is 0 Å². The fraction of sp³-hybridized carbons (Fsp3) is 0.0952. The third-order valence-electron chi connectivity index (χ3n) is 4.33. The molecule has 0 aliphatic rings. The quantitative estimate of drug-likeness (QED) is 0.381. The molecular weight excluding hydrogens is 372 g/mol. The van der Waals surface area contributed by atoms with Gasteiger partial charge in [0, 0.05) is 5.56 Å². The van der Waals surface area contributed by atoms with E-state index in [4.69, 9.17) is 17.0 Å². The van der Waals surface area contributed by atoms with E-state index in [1.165, 1.54) is 4.68 Å². The second kappa shape index (κ2) is 7.66. The van der Waals surface area contributed by atoms with Gasteiger partial charge in [0.15, 0.2) is 5.82 Å². The van der Waals surface area contributed by atoms with Gasteiger partial charge in [-0.2, -0.15) is 14.9 Å². The largest absolute Gasteiger partial charge is 0.507 e. The number of para-hydroxylation sites is 1. The van der Waals surface area contributed by atoms with Gasteiger partial charge < -0.3 is 9.84 Å². The standard InChI is InChI=1S/C21H18N4O2S/c1-2-27-19-10-6-5-9-16(19)20-23-24-21(28)25(20)22-13-17-15-8-4-3-7-14(15)11-12-18(17)26/h3-13,26H,2H2,1H3,(H,24,28)/b22-13-. The number of hydrogen-bond acceptors (Lipinski definition) is 5. The summed E-state index contributed by atoms with van der Waals surface area (Å²) < 4.78 is 7.57. The van der Waals surface area contributed by atoms with Gasteiger partial charge in [0.25, 0.3) is 0 Å². The van der Waals surface area contributed by atoms with Gasteiger partial charge in [-0.3, -0.25) is 0 Å².